The van der Waals surface area contributed by atoms with Gasteiger partial charge >= 0.3 is 0 Å². The number of nitrogens with zero attached hydrogens (tertiary/aromatic N) is 3. The Hall–Kier alpha value is -3.61. The van der Waals surface area contributed by atoms with Crippen molar-refractivity contribution in [2.24, 2.45) is 0 Å². The van der Waals surface area contributed by atoms with Crippen LogP contribution in [0.5, 0.6) is 5.75 Å². The number of hydrogen-bond donors (Lipinski definition) is 1. The second-order valence-corrected chi connectivity index (χ2v) is 10.6. The SMILES string of the molecule is CCc1cccc2c(C(=O)NCc3ccccc3)cn(CCCN3CCCN(CCOc4ccccc4)CC3)c12. The fourth-order valence-corrected chi connectivity index (χ4v) is 5.70. The molecule has 1 saturated heterocycles. The zero-order valence-corrected chi connectivity index (χ0v) is 23.7. The molecule has 0 unspecified atom stereocenters. The number of rotatable bonds is 12. The first-order valence-electron chi connectivity index (χ1n) is 14.8. The van der Waals surface area contributed by atoms with Crippen molar-refractivity contribution >= 4 is 16.8 Å². The van der Waals surface area contributed by atoms with E-state index in [0.717, 1.165) is 87.5 Å². The Morgan fingerprint density at radius 3 is 2.30 bits per heavy atom. The van der Waals surface area contributed by atoms with Crippen molar-refractivity contribution in [1.82, 2.24) is 19.7 Å². The Labute approximate surface area is 238 Å². The highest BCUT2D eigenvalue weighted by atomic mass is 16.5. The largest absolute Gasteiger partial charge is 0.492 e. The van der Waals surface area contributed by atoms with Crippen molar-refractivity contribution < 1.29 is 9.53 Å². The van der Waals surface area contributed by atoms with Gasteiger partial charge in [0.15, 0.2) is 0 Å². The standard InChI is InChI=1S/C34H42N4O2/c1-2-29-14-9-17-31-32(34(39)35-26-28-12-5-3-6-13-28)27-38(33(29)31)21-11-20-36-18-10-19-37(23-22-36)24-25-40-30-15-7-4-8-16-30/h3-9,12-17,27H,2,10-11,18-26H2,1H3,(H,35,39). The van der Waals surface area contributed by atoms with Gasteiger partial charge in [0.1, 0.15) is 12.4 Å². The van der Waals surface area contributed by atoms with Crippen molar-refractivity contribution in [2.75, 3.05) is 45.9 Å². The number of nitrogens with one attached hydrogen (secondary N) is 1. The van der Waals surface area contributed by atoms with Crippen LogP contribution in [0.1, 0.15) is 41.3 Å². The lowest BCUT2D eigenvalue weighted by Gasteiger charge is -2.22. The fraction of sp³-hybridized carbons (Fsp3) is 0.382. The lowest BCUT2D eigenvalue weighted by Crippen LogP contribution is -2.33. The molecule has 1 aromatic heterocycles. The molecule has 0 radical (unpaired) electrons. The van der Waals surface area contributed by atoms with Crippen molar-refractivity contribution in [3.63, 3.8) is 0 Å². The molecule has 1 amide bonds. The van der Waals surface area contributed by atoms with Crippen molar-refractivity contribution in [3.8, 4) is 5.75 Å². The molecule has 1 N–H and O–H groups in total. The highest BCUT2D eigenvalue weighted by Crippen LogP contribution is 2.26. The van der Waals surface area contributed by atoms with Gasteiger partial charge in [-0.05, 0) is 62.2 Å². The van der Waals surface area contributed by atoms with E-state index in [9.17, 15) is 4.79 Å². The molecule has 6 heteroatoms. The third-order valence-corrected chi connectivity index (χ3v) is 7.88. The van der Waals surface area contributed by atoms with E-state index in [1.54, 1.807) is 0 Å². The van der Waals surface area contributed by atoms with Gasteiger partial charge in [0.2, 0.25) is 0 Å². The number of para-hydroxylation sites is 2. The summed E-state index contributed by atoms with van der Waals surface area (Å²) < 4.78 is 8.23. The van der Waals surface area contributed by atoms with Crippen LogP contribution in [0, 0.1) is 0 Å². The van der Waals surface area contributed by atoms with Gasteiger partial charge in [0.05, 0.1) is 11.1 Å². The number of fused-ring (bicyclic) bond motifs is 1. The molecular weight excluding hydrogens is 496 g/mol. The van der Waals surface area contributed by atoms with Gasteiger partial charge in [0.25, 0.3) is 5.91 Å². The summed E-state index contributed by atoms with van der Waals surface area (Å²) >= 11 is 0. The molecule has 0 aliphatic carbocycles. The number of aromatic nitrogens is 1. The molecule has 1 fully saturated rings. The summed E-state index contributed by atoms with van der Waals surface area (Å²) in [6, 6.07) is 26.5. The molecule has 0 bridgehead atoms. The molecule has 0 spiro atoms. The molecule has 1 aliphatic heterocycles. The van der Waals surface area contributed by atoms with Gasteiger partial charge < -0.3 is 19.5 Å². The Morgan fingerprint density at radius 1 is 0.825 bits per heavy atom. The van der Waals surface area contributed by atoms with Gasteiger partial charge in [0, 0.05) is 44.3 Å². The number of hydrogen-bond acceptors (Lipinski definition) is 4. The normalized spacial score (nSPS) is 14.7. The maximum atomic E-state index is 13.2. The second-order valence-electron chi connectivity index (χ2n) is 10.6. The smallest absolute Gasteiger partial charge is 0.253 e. The van der Waals surface area contributed by atoms with E-state index >= 15 is 0 Å². The molecule has 1 aliphatic rings. The minimum absolute atomic E-state index is 0.00953. The summed E-state index contributed by atoms with van der Waals surface area (Å²) in [6.07, 6.45) is 5.26. The van der Waals surface area contributed by atoms with Crippen LogP contribution in [0.4, 0.5) is 0 Å². The first-order valence-corrected chi connectivity index (χ1v) is 14.8. The second kappa shape index (κ2) is 14.1. The molecule has 4 aromatic rings. The number of benzene rings is 3. The molecular formula is C34H42N4O2. The van der Waals surface area contributed by atoms with E-state index in [-0.39, 0.29) is 5.91 Å². The summed E-state index contributed by atoms with van der Waals surface area (Å²) in [5.74, 6) is 0.934. The number of ether oxygens (including phenoxy) is 1. The molecule has 3 aromatic carbocycles. The topological polar surface area (TPSA) is 49.7 Å². The highest BCUT2D eigenvalue weighted by Gasteiger charge is 2.18. The predicted molar refractivity (Wildman–Crippen MR) is 163 cm³/mol. The molecule has 2 heterocycles. The molecule has 0 atom stereocenters. The first-order chi connectivity index (χ1) is 19.7. The highest BCUT2D eigenvalue weighted by molar-refractivity contribution is 6.07. The lowest BCUT2D eigenvalue weighted by atomic mass is 10.1. The van der Waals surface area contributed by atoms with Gasteiger partial charge in [-0.2, -0.15) is 0 Å². The van der Waals surface area contributed by atoms with Gasteiger partial charge in [-0.3, -0.25) is 9.69 Å². The molecule has 6 nitrogen and oxygen atoms in total. The third-order valence-electron chi connectivity index (χ3n) is 7.88. The van der Waals surface area contributed by atoms with E-state index in [1.807, 2.05) is 60.7 Å². The van der Waals surface area contributed by atoms with Gasteiger partial charge in [-0.15, -0.1) is 0 Å². The van der Waals surface area contributed by atoms with E-state index in [4.69, 9.17) is 4.74 Å². The zero-order valence-electron chi connectivity index (χ0n) is 23.7. The summed E-state index contributed by atoms with van der Waals surface area (Å²) in [5, 5.41) is 4.18. The third kappa shape index (κ3) is 7.32. The summed E-state index contributed by atoms with van der Waals surface area (Å²) in [7, 11) is 0. The van der Waals surface area contributed by atoms with Crippen molar-refractivity contribution in [2.45, 2.75) is 39.3 Å². The minimum atomic E-state index is -0.00953. The Balaban J connectivity index is 1.15. The zero-order chi connectivity index (χ0) is 27.6. The quantitative estimate of drug-likeness (QED) is 0.255. The van der Waals surface area contributed by atoms with Crippen LogP contribution >= 0.6 is 0 Å². The minimum Gasteiger partial charge on any atom is -0.492 e. The monoisotopic (exact) mass is 538 g/mol. The van der Waals surface area contributed by atoms with Crippen LogP contribution < -0.4 is 10.1 Å². The predicted octanol–water partition coefficient (Wildman–Crippen LogP) is 5.61. The summed E-state index contributed by atoms with van der Waals surface area (Å²) in [5.41, 5.74) is 4.37. The average Bonchev–Trinajstić information content (AvgIpc) is 3.22. The van der Waals surface area contributed by atoms with E-state index < -0.39 is 0 Å². The lowest BCUT2D eigenvalue weighted by molar-refractivity contribution is 0.0952. The summed E-state index contributed by atoms with van der Waals surface area (Å²) in [4.78, 5) is 18.4. The van der Waals surface area contributed by atoms with Crippen LogP contribution in [-0.4, -0.2) is 66.1 Å². The van der Waals surface area contributed by atoms with Crippen LogP contribution in [0.2, 0.25) is 0 Å². The summed E-state index contributed by atoms with van der Waals surface area (Å²) in [6.45, 7) is 10.8. The fourth-order valence-electron chi connectivity index (χ4n) is 5.70. The van der Waals surface area contributed by atoms with E-state index in [2.05, 4.69) is 51.0 Å². The number of carbonyl (C=O) groups excluding carboxylic acids is 1. The average molecular weight is 539 g/mol. The number of amides is 1. The maximum Gasteiger partial charge on any atom is 0.253 e. The maximum absolute atomic E-state index is 13.2. The van der Waals surface area contributed by atoms with Crippen molar-refractivity contribution in [1.29, 1.82) is 0 Å². The van der Waals surface area contributed by atoms with Crippen molar-refractivity contribution in [3.05, 3.63) is 102 Å². The number of carbonyl (C=O) groups is 1. The first kappa shape index (κ1) is 27.9. The molecule has 40 heavy (non-hydrogen) atoms. The van der Waals surface area contributed by atoms with E-state index in [0.29, 0.717) is 6.54 Å². The van der Waals surface area contributed by atoms with Crippen LogP contribution in [0.15, 0.2) is 85.1 Å². The number of aryl methyl sites for hydroxylation is 2. The molecule has 5 rings (SSSR count). The Morgan fingerprint density at radius 2 is 1.55 bits per heavy atom. The van der Waals surface area contributed by atoms with Crippen LogP contribution in [-0.2, 0) is 19.5 Å². The Kier molecular flexibility index (Phi) is 9.88. The molecule has 0 saturated carbocycles. The Bertz CT molecular complexity index is 1350. The van der Waals surface area contributed by atoms with Gasteiger partial charge in [-0.25, -0.2) is 0 Å². The molecule has 210 valence electrons. The van der Waals surface area contributed by atoms with Crippen LogP contribution in [0.25, 0.3) is 10.9 Å². The van der Waals surface area contributed by atoms with Gasteiger partial charge in [-0.1, -0.05) is 73.7 Å². The van der Waals surface area contributed by atoms with E-state index in [1.165, 1.54) is 17.5 Å². The van der Waals surface area contributed by atoms with Crippen LogP contribution in [0.3, 0.4) is 0 Å².